The number of ether oxygens (including phenoxy) is 7. The Morgan fingerprint density at radius 3 is 2.53 bits per heavy atom. The molecule has 11 heteroatoms. The molecule has 1 aliphatic carbocycles. The third-order valence-corrected chi connectivity index (χ3v) is 6.21. The number of nitrogens with zero attached hydrogens (tertiary/aromatic N) is 1. The summed E-state index contributed by atoms with van der Waals surface area (Å²) in [6, 6.07) is 3.60. The number of carbonyl (C=O) groups excluding carboxylic acids is 2. The van der Waals surface area contributed by atoms with E-state index in [0.29, 0.717) is 41.2 Å². The number of amides is 1. The highest BCUT2D eigenvalue weighted by molar-refractivity contribution is 9.10. The van der Waals surface area contributed by atoms with Crippen molar-refractivity contribution in [2.75, 3.05) is 48.4 Å². The minimum absolute atomic E-state index is 0.0840. The van der Waals surface area contributed by atoms with Crippen LogP contribution in [0.25, 0.3) is 0 Å². The molecule has 0 radical (unpaired) electrons. The number of hydrogen-bond donors (Lipinski definition) is 0. The van der Waals surface area contributed by atoms with Gasteiger partial charge in [-0.15, -0.1) is 0 Å². The van der Waals surface area contributed by atoms with Crippen molar-refractivity contribution >= 4 is 28.0 Å². The van der Waals surface area contributed by atoms with E-state index < -0.39 is 23.8 Å². The molecule has 1 aliphatic rings. The first-order chi connectivity index (χ1) is 18.0. The summed E-state index contributed by atoms with van der Waals surface area (Å²) >= 11 is 3.63. The van der Waals surface area contributed by atoms with Crippen LogP contribution in [0, 0.1) is 0 Å². The fraction of sp³-hybridized carbons (Fsp3) is 0.556. The molecule has 0 aromatic heterocycles. The smallest absolute Gasteiger partial charge is 0.410 e. The van der Waals surface area contributed by atoms with Gasteiger partial charge in [-0.1, -0.05) is 18.2 Å². The van der Waals surface area contributed by atoms with Crippen LogP contribution >= 0.6 is 15.9 Å². The minimum Gasteiger partial charge on any atom is -0.493 e. The Morgan fingerprint density at radius 1 is 1.16 bits per heavy atom. The van der Waals surface area contributed by atoms with E-state index in [1.165, 1.54) is 25.2 Å². The molecule has 0 bridgehead atoms. The van der Waals surface area contributed by atoms with Crippen molar-refractivity contribution < 1.29 is 42.7 Å². The van der Waals surface area contributed by atoms with Gasteiger partial charge < -0.3 is 38.1 Å². The molecule has 1 aromatic rings. The van der Waals surface area contributed by atoms with Gasteiger partial charge in [0.15, 0.2) is 11.5 Å². The van der Waals surface area contributed by atoms with Crippen LogP contribution in [-0.2, 0) is 35.0 Å². The monoisotopic (exact) mass is 599 g/mol. The third-order valence-electron chi connectivity index (χ3n) is 5.34. The van der Waals surface area contributed by atoms with Crippen LogP contribution in [0.5, 0.6) is 11.5 Å². The van der Waals surface area contributed by atoms with Crippen molar-refractivity contribution in [3.05, 3.63) is 46.0 Å². The molecule has 38 heavy (non-hydrogen) atoms. The van der Waals surface area contributed by atoms with Crippen molar-refractivity contribution in [3.8, 4) is 11.5 Å². The van der Waals surface area contributed by atoms with Gasteiger partial charge in [-0.3, -0.25) is 0 Å². The van der Waals surface area contributed by atoms with Crippen LogP contribution in [0.4, 0.5) is 4.79 Å². The predicted octanol–water partition coefficient (Wildman–Crippen LogP) is 4.64. The van der Waals surface area contributed by atoms with E-state index in [9.17, 15) is 9.59 Å². The van der Waals surface area contributed by atoms with E-state index in [1.807, 2.05) is 32.9 Å². The van der Waals surface area contributed by atoms with Gasteiger partial charge in [0.2, 0.25) is 0 Å². The van der Waals surface area contributed by atoms with Gasteiger partial charge in [-0.25, -0.2) is 9.59 Å². The number of hydrogen-bond acceptors (Lipinski definition) is 9. The lowest BCUT2D eigenvalue weighted by atomic mass is 9.96. The standard InChI is InChI=1S/C27H38BrNO9/c1-27(2,3)38-26(31)29(4)16-19-9-11-21(33-6)25(24(19)28)37-22-15-20(36-17-35-13-12-32-5)10-8-18(22)14-23(30)34-7/h8-11,14,20,22H,12-13,15-17H2,1-7H3/b18-14+/t20-,22-/m0/s1. The first-order valence-corrected chi connectivity index (χ1v) is 12.9. The van der Waals surface area contributed by atoms with Crippen LogP contribution in [0.2, 0.25) is 0 Å². The normalized spacial score (nSPS) is 18.3. The fourth-order valence-corrected chi connectivity index (χ4v) is 3.98. The second-order valence-electron chi connectivity index (χ2n) is 9.50. The molecule has 2 rings (SSSR count). The molecule has 1 amide bonds. The van der Waals surface area contributed by atoms with E-state index >= 15 is 0 Å². The summed E-state index contributed by atoms with van der Waals surface area (Å²) < 4.78 is 39.1. The van der Waals surface area contributed by atoms with Crippen LogP contribution in [0.15, 0.2) is 40.4 Å². The van der Waals surface area contributed by atoms with Crippen molar-refractivity contribution in [3.63, 3.8) is 0 Å². The lowest BCUT2D eigenvalue weighted by Gasteiger charge is -2.29. The number of rotatable bonds is 12. The summed E-state index contributed by atoms with van der Waals surface area (Å²) in [5.74, 6) is 0.404. The molecule has 0 spiro atoms. The molecule has 10 nitrogen and oxygen atoms in total. The van der Waals surface area contributed by atoms with E-state index in [-0.39, 0.29) is 19.4 Å². The van der Waals surface area contributed by atoms with E-state index in [2.05, 4.69) is 15.9 Å². The second kappa shape index (κ2) is 15.1. The summed E-state index contributed by atoms with van der Waals surface area (Å²) in [5.41, 5.74) is 0.779. The van der Waals surface area contributed by atoms with Crippen LogP contribution < -0.4 is 9.47 Å². The SMILES string of the molecule is COCCOCO[C@H]1C=C/C(=C\C(=O)OC)[C@@H](Oc2c(OC)ccc(CN(C)C(=O)OC(C)(C)C)c2Br)C1. The van der Waals surface area contributed by atoms with Gasteiger partial charge in [0, 0.05) is 33.2 Å². The zero-order valence-electron chi connectivity index (χ0n) is 23.1. The van der Waals surface area contributed by atoms with Crippen molar-refractivity contribution in [2.45, 2.75) is 51.5 Å². The van der Waals surface area contributed by atoms with Crippen LogP contribution in [0.1, 0.15) is 32.8 Å². The summed E-state index contributed by atoms with van der Waals surface area (Å²) in [5, 5.41) is 0. The lowest BCUT2D eigenvalue weighted by molar-refractivity contribution is -0.135. The summed E-state index contributed by atoms with van der Waals surface area (Å²) in [6.45, 7) is 6.67. The molecule has 0 fully saturated rings. The van der Waals surface area contributed by atoms with Gasteiger partial charge in [-0.05, 0) is 53.9 Å². The molecule has 0 aliphatic heterocycles. The van der Waals surface area contributed by atoms with Gasteiger partial charge in [-0.2, -0.15) is 0 Å². The molecule has 1 aromatic carbocycles. The zero-order valence-corrected chi connectivity index (χ0v) is 24.7. The second-order valence-corrected chi connectivity index (χ2v) is 10.3. The Bertz CT molecular complexity index is 1000. The number of esters is 1. The average Bonchev–Trinajstić information content (AvgIpc) is 2.86. The van der Waals surface area contributed by atoms with Crippen LogP contribution in [-0.4, -0.2) is 83.2 Å². The number of halogens is 1. The third kappa shape index (κ3) is 9.94. The highest BCUT2D eigenvalue weighted by Crippen LogP contribution is 2.40. The maximum atomic E-state index is 12.5. The number of carbonyl (C=O) groups is 2. The van der Waals surface area contributed by atoms with Crippen molar-refractivity contribution in [1.82, 2.24) is 4.90 Å². The van der Waals surface area contributed by atoms with E-state index in [4.69, 9.17) is 33.2 Å². The molecular formula is C27H38BrNO9. The van der Waals surface area contributed by atoms with Crippen molar-refractivity contribution in [2.24, 2.45) is 0 Å². The van der Waals surface area contributed by atoms with E-state index in [1.54, 1.807) is 26.3 Å². The number of methoxy groups -OCH3 is 3. The van der Waals surface area contributed by atoms with Crippen LogP contribution in [0.3, 0.4) is 0 Å². The molecule has 2 atom stereocenters. The molecule has 0 heterocycles. The van der Waals surface area contributed by atoms with Crippen molar-refractivity contribution in [1.29, 1.82) is 0 Å². The van der Waals surface area contributed by atoms with E-state index in [0.717, 1.165) is 5.56 Å². The first-order valence-electron chi connectivity index (χ1n) is 12.1. The van der Waals surface area contributed by atoms with Gasteiger partial charge in [0.25, 0.3) is 0 Å². The Kier molecular flexibility index (Phi) is 12.6. The van der Waals surface area contributed by atoms with Gasteiger partial charge in [0.1, 0.15) is 18.5 Å². The Labute approximate surface area is 232 Å². The molecule has 0 saturated carbocycles. The number of benzene rings is 1. The maximum Gasteiger partial charge on any atom is 0.410 e. The molecule has 0 unspecified atom stereocenters. The topological polar surface area (TPSA) is 102 Å². The highest BCUT2D eigenvalue weighted by Gasteiger charge is 2.28. The first kappa shape index (κ1) is 31.6. The zero-order chi connectivity index (χ0) is 28.3. The quantitative estimate of drug-likeness (QED) is 0.147. The molecule has 0 N–H and O–H groups in total. The van der Waals surface area contributed by atoms with Gasteiger partial charge >= 0.3 is 12.1 Å². The lowest BCUT2D eigenvalue weighted by Crippen LogP contribution is -2.34. The predicted molar refractivity (Wildman–Crippen MR) is 144 cm³/mol. The average molecular weight is 601 g/mol. The summed E-state index contributed by atoms with van der Waals surface area (Å²) in [7, 11) is 6.11. The summed E-state index contributed by atoms with van der Waals surface area (Å²) in [6.07, 6.45) is 4.07. The maximum absolute atomic E-state index is 12.5. The Morgan fingerprint density at radius 2 is 1.89 bits per heavy atom. The molecule has 0 saturated heterocycles. The molecular weight excluding hydrogens is 562 g/mol. The highest BCUT2D eigenvalue weighted by atomic mass is 79.9. The van der Waals surface area contributed by atoms with Gasteiger partial charge in [0.05, 0.1) is 38.0 Å². The Hall–Kier alpha value is -2.60. The molecule has 212 valence electrons. The summed E-state index contributed by atoms with van der Waals surface area (Å²) in [4.78, 5) is 26.0. The minimum atomic E-state index is -0.610. The largest absolute Gasteiger partial charge is 0.493 e. The fourth-order valence-electron chi connectivity index (χ4n) is 3.44. The Balaban J connectivity index is 2.28.